The van der Waals surface area contributed by atoms with Crippen molar-refractivity contribution in [3.05, 3.63) is 23.3 Å². The summed E-state index contributed by atoms with van der Waals surface area (Å²) < 4.78 is 8.57. The summed E-state index contributed by atoms with van der Waals surface area (Å²) in [7, 11) is 0. The molecule has 18 heavy (non-hydrogen) atoms. The van der Waals surface area contributed by atoms with Gasteiger partial charge in [0.1, 0.15) is 11.0 Å². The SMILES string of the molecule is CC(C)NC(=O)c1ccc(C(C)C)c2nsnc12. The van der Waals surface area contributed by atoms with Crippen LogP contribution in [0.1, 0.15) is 49.5 Å². The summed E-state index contributed by atoms with van der Waals surface area (Å²) in [5.41, 5.74) is 3.31. The first-order valence-electron chi connectivity index (χ1n) is 6.06. The second-order valence-electron chi connectivity index (χ2n) is 4.95. The third-order valence-corrected chi connectivity index (χ3v) is 3.26. The third-order valence-electron chi connectivity index (χ3n) is 2.73. The third kappa shape index (κ3) is 2.36. The van der Waals surface area contributed by atoms with Crippen molar-refractivity contribution >= 4 is 28.7 Å². The summed E-state index contributed by atoms with van der Waals surface area (Å²) in [6.07, 6.45) is 0. The van der Waals surface area contributed by atoms with Gasteiger partial charge in [-0.05, 0) is 31.4 Å². The van der Waals surface area contributed by atoms with Crippen LogP contribution >= 0.6 is 11.7 Å². The van der Waals surface area contributed by atoms with Crippen LogP contribution in [0.3, 0.4) is 0 Å². The standard InChI is InChI=1S/C13H17N3OS/c1-7(2)9-5-6-10(13(17)14-8(3)4)12-11(9)15-18-16-12/h5-8H,1-4H3,(H,14,17). The average Bonchev–Trinajstić information content (AvgIpc) is 2.74. The summed E-state index contributed by atoms with van der Waals surface area (Å²) in [5, 5.41) is 2.89. The predicted octanol–water partition coefficient (Wildman–Crippen LogP) is 2.95. The van der Waals surface area contributed by atoms with E-state index in [1.165, 1.54) is 0 Å². The Balaban J connectivity index is 2.51. The van der Waals surface area contributed by atoms with Crippen molar-refractivity contribution in [3.63, 3.8) is 0 Å². The fourth-order valence-electron chi connectivity index (χ4n) is 1.87. The van der Waals surface area contributed by atoms with Crippen LogP contribution in [-0.2, 0) is 0 Å². The highest BCUT2D eigenvalue weighted by Crippen LogP contribution is 2.26. The molecule has 1 aromatic carbocycles. The van der Waals surface area contributed by atoms with Gasteiger partial charge in [0.2, 0.25) is 0 Å². The number of nitrogens with zero attached hydrogens (tertiary/aromatic N) is 2. The number of benzene rings is 1. The Labute approximate surface area is 111 Å². The fraction of sp³-hybridized carbons (Fsp3) is 0.462. The Morgan fingerprint density at radius 2 is 1.83 bits per heavy atom. The maximum Gasteiger partial charge on any atom is 0.253 e. The van der Waals surface area contributed by atoms with Gasteiger partial charge in [-0.3, -0.25) is 4.79 Å². The summed E-state index contributed by atoms with van der Waals surface area (Å²) in [6.45, 7) is 8.11. The minimum Gasteiger partial charge on any atom is -0.350 e. The topological polar surface area (TPSA) is 54.9 Å². The molecule has 1 amide bonds. The van der Waals surface area contributed by atoms with Crippen molar-refractivity contribution in [2.75, 3.05) is 0 Å². The lowest BCUT2D eigenvalue weighted by Gasteiger charge is -2.11. The lowest BCUT2D eigenvalue weighted by Crippen LogP contribution is -2.30. The minimum absolute atomic E-state index is 0.0852. The second-order valence-corrected chi connectivity index (χ2v) is 5.48. The van der Waals surface area contributed by atoms with Crippen LogP contribution in [0.4, 0.5) is 0 Å². The molecular formula is C13H17N3OS. The summed E-state index contributed by atoms with van der Waals surface area (Å²) in [6, 6.07) is 3.93. The van der Waals surface area contributed by atoms with Gasteiger partial charge in [-0.15, -0.1) is 0 Å². The van der Waals surface area contributed by atoms with Gasteiger partial charge in [-0.25, -0.2) is 0 Å². The number of carbonyl (C=O) groups is 1. The van der Waals surface area contributed by atoms with Crippen LogP contribution in [0.5, 0.6) is 0 Å². The zero-order valence-electron chi connectivity index (χ0n) is 11.0. The Bertz CT molecular complexity index is 575. The average molecular weight is 263 g/mol. The Hall–Kier alpha value is -1.49. The molecule has 0 saturated carbocycles. The normalized spacial score (nSPS) is 11.4. The van der Waals surface area contributed by atoms with E-state index in [1.807, 2.05) is 26.0 Å². The zero-order chi connectivity index (χ0) is 13.3. The summed E-state index contributed by atoms with van der Waals surface area (Å²) in [4.78, 5) is 12.1. The van der Waals surface area contributed by atoms with E-state index in [4.69, 9.17) is 0 Å². The van der Waals surface area contributed by atoms with Gasteiger partial charge < -0.3 is 5.32 Å². The molecule has 0 saturated heterocycles. The molecule has 1 heterocycles. The van der Waals surface area contributed by atoms with E-state index in [0.29, 0.717) is 17.0 Å². The van der Waals surface area contributed by atoms with Crippen LogP contribution in [0.15, 0.2) is 12.1 Å². The van der Waals surface area contributed by atoms with Gasteiger partial charge in [0.05, 0.1) is 17.3 Å². The van der Waals surface area contributed by atoms with Gasteiger partial charge in [-0.2, -0.15) is 8.75 Å². The fourth-order valence-corrected chi connectivity index (χ4v) is 2.46. The molecule has 1 aromatic heterocycles. The monoisotopic (exact) mass is 263 g/mol. The van der Waals surface area contributed by atoms with Crippen molar-refractivity contribution in [1.29, 1.82) is 0 Å². The maximum atomic E-state index is 12.1. The number of nitrogens with one attached hydrogen (secondary N) is 1. The van der Waals surface area contributed by atoms with Gasteiger partial charge in [0.25, 0.3) is 5.91 Å². The smallest absolute Gasteiger partial charge is 0.253 e. The lowest BCUT2D eigenvalue weighted by atomic mass is 9.99. The zero-order valence-corrected chi connectivity index (χ0v) is 11.8. The van der Waals surface area contributed by atoms with Crippen LogP contribution < -0.4 is 5.32 Å². The Kier molecular flexibility index (Phi) is 3.61. The molecule has 0 unspecified atom stereocenters. The number of carbonyl (C=O) groups excluding carboxylic acids is 1. The van der Waals surface area contributed by atoms with E-state index < -0.39 is 0 Å². The predicted molar refractivity (Wildman–Crippen MR) is 74.1 cm³/mol. The van der Waals surface area contributed by atoms with Crippen LogP contribution in [-0.4, -0.2) is 20.7 Å². The number of fused-ring (bicyclic) bond motifs is 1. The van der Waals surface area contributed by atoms with Crippen LogP contribution in [0.2, 0.25) is 0 Å². The maximum absolute atomic E-state index is 12.1. The molecule has 0 bridgehead atoms. The first-order chi connectivity index (χ1) is 8.50. The number of hydrogen-bond donors (Lipinski definition) is 1. The first-order valence-corrected chi connectivity index (χ1v) is 6.79. The van der Waals surface area contributed by atoms with E-state index in [2.05, 4.69) is 27.9 Å². The highest BCUT2D eigenvalue weighted by atomic mass is 32.1. The lowest BCUT2D eigenvalue weighted by molar-refractivity contribution is 0.0944. The van der Waals surface area contributed by atoms with E-state index in [0.717, 1.165) is 22.8 Å². The molecule has 0 spiro atoms. The molecule has 2 rings (SSSR count). The van der Waals surface area contributed by atoms with E-state index in [-0.39, 0.29) is 11.9 Å². The molecule has 96 valence electrons. The van der Waals surface area contributed by atoms with Crippen LogP contribution in [0.25, 0.3) is 11.0 Å². The minimum atomic E-state index is -0.0852. The highest BCUT2D eigenvalue weighted by molar-refractivity contribution is 7.00. The second kappa shape index (κ2) is 5.02. The molecule has 4 nitrogen and oxygen atoms in total. The Morgan fingerprint density at radius 1 is 1.17 bits per heavy atom. The molecule has 0 aliphatic carbocycles. The molecular weight excluding hydrogens is 246 g/mol. The number of hydrogen-bond acceptors (Lipinski definition) is 4. The molecule has 0 radical (unpaired) electrons. The van der Waals surface area contributed by atoms with Gasteiger partial charge in [0, 0.05) is 6.04 Å². The molecule has 0 aliphatic rings. The van der Waals surface area contributed by atoms with E-state index >= 15 is 0 Å². The molecule has 0 aliphatic heterocycles. The summed E-state index contributed by atoms with van der Waals surface area (Å²) >= 11 is 1.15. The molecule has 0 fully saturated rings. The van der Waals surface area contributed by atoms with Crippen LogP contribution in [0, 0.1) is 0 Å². The van der Waals surface area contributed by atoms with E-state index in [1.54, 1.807) is 0 Å². The molecule has 2 aromatic rings. The summed E-state index contributed by atoms with van der Waals surface area (Å²) in [5.74, 6) is 0.289. The van der Waals surface area contributed by atoms with E-state index in [9.17, 15) is 4.79 Å². The Morgan fingerprint density at radius 3 is 2.44 bits per heavy atom. The largest absolute Gasteiger partial charge is 0.350 e. The molecule has 5 heteroatoms. The van der Waals surface area contributed by atoms with Crippen molar-refractivity contribution in [2.24, 2.45) is 0 Å². The molecule has 0 atom stereocenters. The quantitative estimate of drug-likeness (QED) is 0.926. The van der Waals surface area contributed by atoms with Crippen molar-refractivity contribution in [2.45, 2.75) is 39.7 Å². The molecule has 1 N–H and O–H groups in total. The number of aromatic nitrogens is 2. The van der Waals surface area contributed by atoms with Crippen molar-refractivity contribution < 1.29 is 4.79 Å². The van der Waals surface area contributed by atoms with Crippen molar-refractivity contribution in [3.8, 4) is 0 Å². The number of rotatable bonds is 3. The van der Waals surface area contributed by atoms with Gasteiger partial charge in [-0.1, -0.05) is 19.9 Å². The van der Waals surface area contributed by atoms with Gasteiger partial charge in [0.15, 0.2) is 0 Å². The first kappa shape index (κ1) is 13.0. The highest BCUT2D eigenvalue weighted by Gasteiger charge is 2.17. The van der Waals surface area contributed by atoms with Crippen molar-refractivity contribution in [1.82, 2.24) is 14.1 Å². The number of amides is 1. The van der Waals surface area contributed by atoms with Gasteiger partial charge >= 0.3 is 0 Å².